The molecule has 4 rings (SSSR count). The molecule has 1 atom stereocenters. The van der Waals surface area contributed by atoms with E-state index in [-0.39, 0.29) is 23.3 Å². The predicted molar refractivity (Wildman–Crippen MR) is 136 cm³/mol. The lowest BCUT2D eigenvalue weighted by molar-refractivity contribution is -0.139. The Labute approximate surface area is 209 Å². The van der Waals surface area contributed by atoms with Crippen LogP contribution in [-0.2, 0) is 27.8 Å². The zero-order valence-electron chi connectivity index (χ0n) is 20.9. The number of ether oxygens (including phenoxy) is 1. The summed E-state index contributed by atoms with van der Waals surface area (Å²) < 4.78 is 20.1. The van der Waals surface area contributed by atoms with Gasteiger partial charge >= 0.3 is 0 Å². The highest BCUT2D eigenvalue weighted by Gasteiger charge is 2.36. The van der Waals surface area contributed by atoms with Crippen molar-refractivity contribution in [2.75, 3.05) is 19.0 Å². The average Bonchev–Trinajstić information content (AvgIpc) is 2.83. The number of aromatic nitrogens is 1. The highest BCUT2D eigenvalue weighted by Crippen LogP contribution is 2.34. The first-order chi connectivity index (χ1) is 17.1. The predicted octanol–water partition coefficient (Wildman–Crippen LogP) is 4.13. The van der Waals surface area contributed by atoms with Gasteiger partial charge in [0.2, 0.25) is 11.5 Å². The monoisotopic (exact) mass is 491 g/mol. The Morgan fingerprint density at radius 2 is 1.92 bits per heavy atom. The standard InChI is InChI=1S/C28H30FN3O4/c1-28(2,3)22-9-6-19(15-23(22)29)31-27(35)26-21-8-7-20(36-4)14-18(21)11-12-32(26)25(34)13-17-5-10-24(33)30-16-17/h5-10,14-16,26H,11-13H2,1-4H3,(H,30,33)(H,31,35)/t26-/m1/s1. The number of anilines is 1. The molecule has 0 bridgehead atoms. The summed E-state index contributed by atoms with van der Waals surface area (Å²) in [7, 11) is 1.57. The summed E-state index contributed by atoms with van der Waals surface area (Å²) in [4.78, 5) is 42.4. The van der Waals surface area contributed by atoms with Crippen molar-refractivity contribution in [3.8, 4) is 5.75 Å². The van der Waals surface area contributed by atoms with Crippen molar-refractivity contribution in [3.05, 3.63) is 93.2 Å². The number of nitrogens with zero attached hydrogens (tertiary/aromatic N) is 1. The molecule has 188 valence electrons. The van der Waals surface area contributed by atoms with Gasteiger partial charge in [0.1, 0.15) is 17.6 Å². The lowest BCUT2D eigenvalue weighted by Gasteiger charge is -2.36. The van der Waals surface area contributed by atoms with Crippen LogP contribution in [0.3, 0.4) is 0 Å². The largest absolute Gasteiger partial charge is 0.497 e. The second-order valence-electron chi connectivity index (χ2n) is 9.98. The first-order valence-electron chi connectivity index (χ1n) is 11.8. The highest BCUT2D eigenvalue weighted by atomic mass is 19.1. The maximum atomic E-state index is 14.8. The van der Waals surface area contributed by atoms with Crippen molar-refractivity contribution in [3.63, 3.8) is 0 Å². The fraction of sp³-hybridized carbons (Fsp3) is 0.321. The quantitative estimate of drug-likeness (QED) is 0.562. The van der Waals surface area contributed by atoms with Gasteiger partial charge in [0.25, 0.3) is 5.91 Å². The van der Waals surface area contributed by atoms with E-state index in [4.69, 9.17) is 4.74 Å². The molecule has 0 radical (unpaired) electrons. The Balaban J connectivity index is 1.65. The molecule has 0 aliphatic carbocycles. The lowest BCUT2D eigenvalue weighted by atomic mass is 9.86. The zero-order chi connectivity index (χ0) is 26.0. The van der Waals surface area contributed by atoms with Crippen LogP contribution in [0.1, 0.15) is 49.1 Å². The van der Waals surface area contributed by atoms with Gasteiger partial charge in [-0.3, -0.25) is 14.4 Å². The van der Waals surface area contributed by atoms with Crippen molar-refractivity contribution in [1.29, 1.82) is 0 Å². The van der Waals surface area contributed by atoms with E-state index in [2.05, 4.69) is 10.3 Å². The minimum atomic E-state index is -0.903. The zero-order valence-corrected chi connectivity index (χ0v) is 20.9. The van der Waals surface area contributed by atoms with Crippen LogP contribution in [0.25, 0.3) is 0 Å². The fourth-order valence-electron chi connectivity index (χ4n) is 4.52. The summed E-state index contributed by atoms with van der Waals surface area (Å²) in [6.07, 6.45) is 2.08. The number of rotatable bonds is 5. The molecule has 7 nitrogen and oxygen atoms in total. The first kappa shape index (κ1) is 25.2. The molecule has 0 saturated heterocycles. The number of nitrogens with one attached hydrogen (secondary N) is 2. The Morgan fingerprint density at radius 3 is 2.56 bits per heavy atom. The third-order valence-corrected chi connectivity index (χ3v) is 6.40. The fourth-order valence-corrected chi connectivity index (χ4v) is 4.52. The normalized spacial score (nSPS) is 15.2. The molecule has 0 spiro atoms. The van der Waals surface area contributed by atoms with Crippen LogP contribution in [0, 0.1) is 5.82 Å². The van der Waals surface area contributed by atoms with Crippen LogP contribution in [-0.4, -0.2) is 35.4 Å². The summed E-state index contributed by atoms with van der Waals surface area (Å²) in [5.74, 6) is -0.419. The Bertz CT molecular complexity index is 1340. The van der Waals surface area contributed by atoms with Gasteiger partial charge in [0.05, 0.1) is 13.5 Å². The minimum Gasteiger partial charge on any atom is -0.497 e. The summed E-state index contributed by atoms with van der Waals surface area (Å²) >= 11 is 0. The number of amides is 2. The van der Waals surface area contributed by atoms with Crippen LogP contribution >= 0.6 is 0 Å². The Kier molecular flexibility index (Phi) is 6.97. The molecule has 8 heteroatoms. The van der Waals surface area contributed by atoms with Gasteiger partial charge < -0.3 is 19.9 Å². The first-order valence-corrected chi connectivity index (χ1v) is 11.8. The maximum Gasteiger partial charge on any atom is 0.251 e. The molecular weight excluding hydrogens is 461 g/mol. The topological polar surface area (TPSA) is 91.5 Å². The van der Waals surface area contributed by atoms with E-state index < -0.39 is 17.8 Å². The summed E-state index contributed by atoms with van der Waals surface area (Å²) in [6.45, 7) is 6.09. The van der Waals surface area contributed by atoms with Crippen molar-refractivity contribution in [1.82, 2.24) is 9.88 Å². The molecule has 0 fully saturated rings. The van der Waals surface area contributed by atoms with Gasteiger partial charge in [-0.05, 0) is 58.4 Å². The minimum absolute atomic E-state index is 0.0287. The van der Waals surface area contributed by atoms with Gasteiger partial charge in [-0.2, -0.15) is 0 Å². The molecule has 0 saturated carbocycles. The number of H-pyrrole nitrogens is 1. The number of methoxy groups -OCH3 is 1. The molecule has 2 heterocycles. The van der Waals surface area contributed by atoms with Gasteiger partial charge in [-0.1, -0.05) is 39.0 Å². The van der Waals surface area contributed by atoms with Crippen molar-refractivity contribution in [2.24, 2.45) is 0 Å². The average molecular weight is 492 g/mol. The molecule has 2 amide bonds. The smallest absolute Gasteiger partial charge is 0.251 e. The molecule has 2 aromatic carbocycles. The van der Waals surface area contributed by atoms with E-state index in [1.165, 1.54) is 23.2 Å². The molecule has 3 aromatic rings. The molecule has 36 heavy (non-hydrogen) atoms. The van der Waals surface area contributed by atoms with Crippen molar-refractivity contribution < 1.29 is 18.7 Å². The number of carbonyl (C=O) groups is 2. The number of hydrogen-bond donors (Lipinski definition) is 2. The number of pyridine rings is 1. The van der Waals surface area contributed by atoms with E-state index in [1.54, 1.807) is 37.4 Å². The molecule has 2 N–H and O–H groups in total. The number of benzene rings is 2. The van der Waals surface area contributed by atoms with E-state index in [9.17, 15) is 18.8 Å². The second kappa shape index (κ2) is 9.97. The van der Waals surface area contributed by atoms with Gasteiger partial charge in [0, 0.05) is 24.5 Å². The van der Waals surface area contributed by atoms with E-state index in [0.717, 1.165) is 5.56 Å². The highest BCUT2D eigenvalue weighted by molar-refractivity contribution is 5.98. The Morgan fingerprint density at radius 1 is 1.14 bits per heavy atom. The van der Waals surface area contributed by atoms with Crippen molar-refractivity contribution in [2.45, 2.75) is 45.1 Å². The lowest BCUT2D eigenvalue weighted by Crippen LogP contribution is -2.46. The van der Waals surface area contributed by atoms with E-state index in [0.29, 0.717) is 41.1 Å². The molecule has 1 aliphatic heterocycles. The van der Waals surface area contributed by atoms with Gasteiger partial charge in [-0.25, -0.2) is 4.39 Å². The van der Waals surface area contributed by atoms with Crippen LogP contribution in [0.4, 0.5) is 10.1 Å². The second-order valence-corrected chi connectivity index (χ2v) is 9.98. The van der Waals surface area contributed by atoms with E-state index in [1.807, 2.05) is 26.8 Å². The number of carbonyl (C=O) groups excluding carboxylic acids is 2. The molecular formula is C28H30FN3O4. The van der Waals surface area contributed by atoms with Crippen LogP contribution in [0.15, 0.2) is 59.5 Å². The Hall–Kier alpha value is -3.94. The molecule has 0 unspecified atom stereocenters. The number of halogens is 1. The summed E-state index contributed by atoms with van der Waals surface area (Å²) in [5.41, 5.74) is 2.48. The SMILES string of the molecule is COc1ccc2c(c1)CCN(C(=O)Cc1ccc(=O)[nH]c1)[C@H]2C(=O)Nc1ccc(C(C)(C)C)c(F)c1. The summed E-state index contributed by atoms with van der Waals surface area (Å²) in [5, 5.41) is 2.81. The molecule has 1 aromatic heterocycles. The van der Waals surface area contributed by atoms with Crippen LogP contribution in [0.2, 0.25) is 0 Å². The maximum absolute atomic E-state index is 14.8. The molecule has 1 aliphatic rings. The number of aromatic amines is 1. The third kappa shape index (κ3) is 5.32. The third-order valence-electron chi connectivity index (χ3n) is 6.40. The van der Waals surface area contributed by atoms with Gasteiger partial charge in [0.15, 0.2) is 0 Å². The van der Waals surface area contributed by atoms with E-state index >= 15 is 0 Å². The van der Waals surface area contributed by atoms with Gasteiger partial charge in [-0.15, -0.1) is 0 Å². The number of fused-ring (bicyclic) bond motifs is 1. The van der Waals surface area contributed by atoms with Crippen LogP contribution in [0.5, 0.6) is 5.75 Å². The number of hydrogen-bond acceptors (Lipinski definition) is 4. The van der Waals surface area contributed by atoms with Crippen LogP contribution < -0.4 is 15.6 Å². The van der Waals surface area contributed by atoms with Crippen molar-refractivity contribution >= 4 is 17.5 Å². The summed E-state index contributed by atoms with van der Waals surface area (Å²) in [6, 6.07) is 12.1.